The highest BCUT2D eigenvalue weighted by Crippen LogP contribution is 2.31. The summed E-state index contributed by atoms with van der Waals surface area (Å²) < 4.78 is 37.3. The third kappa shape index (κ3) is 3.54. The first-order valence-electron chi connectivity index (χ1n) is 5.83. The standard InChI is InChI=1S/C13H13F3N2S/c1-2-17-7-12-18-11(8-19-12)9-3-5-10(6-4-9)13(14,15)16/h3-6,8,17H,2,7H2,1H3. The van der Waals surface area contributed by atoms with Gasteiger partial charge in [-0.1, -0.05) is 19.1 Å². The zero-order valence-electron chi connectivity index (χ0n) is 10.3. The molecule has 2 nitrogen and oxygen atoms in total. The lowest BCUT2D eigenvalue weighted by Crippen LogP contribution is -2.11. The zero-order chi connectivity index (χ0) is 13.9. The van der Waals surface area contributed by atoms with Gasteiger partial charge in [-0.3, -0.25) is 0 Å². The molecule has 1 aromatic heterocycles. The molecule has 0 spiro atoms. The van der Waals surface area contributed by atoms with Crippen molar-refractivity contribution in [2.75, 3.05) is 6.54 Å². The van der Waals surface area contributed by atoms with Gasteiger partial charge in [-0.25, -0.2) is 4.98 Å². The molecule has 0 aliphatic rings. The Morgan fingerprint density at radius 1 is 1.21 bits per heavy atom. The van der Waals surface area contributed by atoms with E-state index in [1.807, 2.05) is 12.3 Å². The van der Waals surface area contributed by atoms with Gasteiger partial charge in [-0.05, 0) is 18.7 Å². The van der Waals surface area contributed by atoms with Gasteiger partial charge in [-0.2, -0.15) is 13.2 Å². The maximum Gasteiger partial charge on any atom is 0.416 e. The topological polar surface area (TPSA) is 24.9 Å². The molecule has 19 heavy (non-hydrogen) atoms. The molecule has 0 fully saturated rings. The van der Waals surface area contributed by atoms with Crippen molar-refractivity contribution in [2.45, 2.75) is 19.6 Å². The number of nitrogens with zero attached hydrogens (tertiary/aromatic N) is 1. The second-order valence-electron chi connectivity index (χ2n) is 3.98. The Morgan fingerprint density at radius 3 is 2.47 bits per heavy atom. The van der Waals surface area contributed by atoms with E-state index in [1.54, 1.807) is 0 Å². The fourth-order valence-electron chi connectivity index (χ4n) is 1.59. The molecule has 1 heterocycles. The van der Waals surface area contributed by atoms with E-state index in [0.717, 1.165) is 23.7 Å². The monoisotopic (exact) mass is 286 g/mol. The van der Waals surface area contributed by atoms with E-state index in [-0.39, 0.29) is 0 Å². The average Bonchev–Trinajstić information content (AvgIpc) is 2.84. The fourth-order valence-corrected chi connectivity index (χ4v) is 2.36. The number of hydrogen-bond donors (Lipinski definition) is 1. The summed E-state index contributed by atoms with van der Waals surface area (Å²) >= 11 is 1.50. The minimum absolute atomic E-state index is 0.639. The van der Waals surface area contributed by atoms with Crippen LogP contribution in [0, 0.1) is 0 Å². The van der Waals surface area contributed by atoms with Gasteiger partial charge < -0.3 is 5.32 Å². The molecule has 0 bridgehead atoms. The second kappa shape index (κ2) is 5.71. The quantitative estimate of drug-likeness (QED) is 0.921. The molecule has 0 saturated heterocycles. The van der Waals surface area contributed by atoms with Gasteiger partial charge >= 0.3 is 6.18 Å². The van der Waals surface area contributed by atoms with Gasteiger partial charge in [0.15, 0.2) is 0 Å². The van der Waals surface area contributed by atoms with Crippen LogP contribution in [-0.4, -0.2) is 11.5 Å². The second-order valence-corrected chi connectivity index (χ2v) is 4.92. The van der Waals surface area contributed by atoms with E-state index in [1.165, 1.54) is 23.5 Å². The van der Waals surface area contributed by atoms with Crippen LogP contribution in [0.1, 0.15) is 17.5 Å². The number of halogens is 3. The third-order valence-electron chi connectivity index (χ3n) is 2.59. The summed E-state index contributed by atoms with van der Waals surface area (Å²) in [5.41, 5.74) is 0.776. The van der Waals surface area contributed by atoms with Crippen LogP contribution in [-0.2, 0) is 12.7 Å². The number of nitrogens with one attached hydrogen (secondary N) is 1. The smallest absolute Gasteiger partial charge is 0.311 e. The minimum Gasteiger partial charge on any atom is -0.311 e. The number of aromatic nitrogens is 1. The molecular weight excluding hydrogens is 273 g/mol. The highest BCUT2D eigenvalue weighted by molar-refractivity contribution is 7.09. The van der Waals surface area contributed by atoms with Gasteiger partial charge in [0.25, 0.3) is 0 Å². The molecule has 1 N–H and O–H groups in total. The number of benzene rings is 1. The number of alkyl halides is 3. The van der Waals surface area contributed by atoms with Gasteiger partial charge in [0.05, 0.1) is 11.3 Å². The molecule has 0 saturated carbocycles. The van der Waals surface area contributed by atoms with Crippen molar-refractivity contribution in [3.63, 3.8) is 0 Å². The molecule has 0 unspecified atom stereocenters. The van der Waals surface area contributed by atoms with Crippen molar-refractivity contribution in [3.05, 3.63) is 40.2 Å². The van der Waals surface area contributed by atoms with E-state index in [0.29, 0.717) is 17.8 Å². The minimum atomic E-state index is -4.29. The van der Waals surface area contributed by atoms with Crippen LogP contribution in [0.4, 0.5) is 13.2 Å². The van der Waals surface area contributed by atoms with E-state index in [9.17, 15) is 13.2 Å². The van der Waals surface area contributed by atoms with Crippen molar-refractivity contribution < 1.29 is 13.2 Å². The highest BCUT2D eigenvalue weighted by atomic mass is 32.1. The summed E-state index contributed by atoms with van der Waals surface area (Å²) in [6.07, 6.45) is -4.29. The van der Waals surface area contributed by atoms with Crippen LogP contribution < -0.4 is 5.32 Å². The van der Waals surface area contributed by atoms with Crippen molar-refractivity contribution in [2.24, 2.45) is 0 Å². The molecule has 1 aromatic carbocycles. The van der Waals surface area contributed by atoms with E-state index < -0.39 is 11.7 Å². The zero-order valence-corrected chi connectivity index (χ0v) is 11.1. The van der Waals surface area contributed by atoms with Crippen LogP contribution in [0.5, 0.6) is 0 Å². The van der Waals surface area contributed by atoms with E-state index >= 15 is 0 Å². The maximum absolute atomic E-state index is 12.4. The summed E-state index contributed by atoms with van der Waals surface area (Å²) in [6.45, 7) is 3.54. The van der Waals surface area contributed by atoms with Gasteiger partial charge in [-0.15, -0.1) is 11.3 Å². The first-order valence-corrected chi connectivity index (χ1v) is 6.71. The molecule has 0 aliphatic heterocycles. The predicted molar refractivity (Wildman–Crippen MR) is 69.9 cm³/mol. The molecule has 102 valence electrons. The maximum atomic E-state index is 12.4. The summed E-state index contributed by atoms with van der Waals surface area (Å²) in [7, 11) is 0. The van der Waals surface area contributed by atoms with Crippen LogP contribution in [0.3, 0.4) is 0 Å². The molecule has 0 aliphatic carbocycles. The highest BCUT2D eigenvalue weighted by Gasteiger charge is 2.30. The SMILES string of the molecule is CCNCc1nc(-c2ccc(C(F)(F)F)cc2)cs1. The normalized spacial score (nSPS) is 11.8. The van der Waals surface area contributed by atoms with Gasteiger partial charge in [0.2, 0.25) is 0 Å². The Bertz CT molecular complexity index is 532. The molecule has 2 aromatic rings. The lowest BCUT2D eigenvalue weighted by atomic mass is 10.1. The van der Waals surface area contributed by atoms with Gasteiger partial charge in [0, 0.05) is 17.5 Å². The van der Waals surface area contributed by atoms with Crippen molar-refractivity contribution in [3.8, 4) is 11.3 Å². The fraction of sp³-hybridized carbons (Fsp3) is 0.308. The van der Waals surface area contributed by atoms with Crippen LogP contribution in [0.2, 0.25) is 0 Å². The van der Waals surface area contributed by atoms with Crippen LogP contribution >= 0.6 is 11.3 Å². The molecule has 0 radical (unpaired) electrons. The first-order chi connectivity index (χ1) is 9.00. The Balaban J connectivity index is 2.16. The molecule has 0 atom stereocenters. The molecule has 6 heteroatoms. The van der Waals surface area contributed by atoms with Gasteiger partial charge in [0.1, 0.15) is 5.01 Å². The summed E-state index contributed by atoms with van der Waals surface area (Å²) in [4.78, 5) is 4.38. The number of rotatable bonds is 4. The lowest BCUT2D eigenvalue weighted by molar-refractivity contribution is -0.137. The van der Waals surface area contributed by atoms with E-state index in [2.05, 4.69) is 10.3 Å². The number of hydrogen-bond acceptors (Lipinski definition) is 3. The predicted octanol–water partition coefficient (Wildman–Crippen LogP) is 3.94. The molecule has 2 rings (SSSR count). The largest absolute Gasteiger partial charge is 0.416 e. The average molecular weight is 286 g/mol. The van der Waals surface area contributed by atoms with Crippen molar-refractivity contribution in [1.29, 1.82) is 0 Å². The van der Waals surface area contributed by atoms with Crippen LogP contribution in [0.15, 0.2) is 29.6 Å². The summed E-state index contributed by atoms with van der Waals surface area (Å²) in [5.74, 6) is 0. The summed E-state index contributed by atoms with van der Waals surface area (Å²) in [5, 5.41) is 5.94. The lowest BCUT2D eigenvalue weighted by Gasteiger charge is -2.06. The Morgan fingerprint density at radius 2 is 1.89 bits per heavy atom. The molecular formula is C13H13F3N2S. The first kappa shape index (κ1) is 14.0. The van der Waals surface area contributed by atoms with Crippen LogP contribution in [0.25, 0.3) is 11.3 Å². The Hall–Kier alpha value is -1.40. The Labute approximate surface area is 113 Å². The Kier molecular flexibility index (Phi) is 4.21. The molecule has 0 amide bonds. The third-order valence-corrected chi connectivity index (χ3v) is 3.43. The van der Waals surface area contributed by atoms with Crippen molar-refractivity contribution in [1.82, 2.24) is 10.3 Å². The summed E-state index contributed by atoms with van der Waals surface area (Å²) in [6, 6.07) is 5.07. The van der Waals surface area contributed by atoms with E-state index in [4.69, 9.17) is 0 Å². The number of thiazole rings is 1. The van der Waals surface area contributed by atoms with Crippen molar-refractivity contribution >= 4 is 11.3 Å².